The quantitative estimate of drug-likeness (QED) is 0.251. The van der Waals surface area contributed by atoms with Crippen molar-refractivity contribution in [2.75, 3.05) is 20.3 Å². The number of hydrogen-bond donors (Lipinski definition) is 7. The lowest BCUT2D eigenvalue weighted by Gasteiger charge is -2.45. The van der Waals surface area contributed by atoms with Crippen LogP contribution in [-0.2, 0) is 18.9 Å². The molecule has 0 saturated carbocycles. The summed E-state index contributed by atoms with van der Waals surface area (Å²) < 4.78 is 20.6. The Labute approximate surface area is 137 Å². The molecular formula is C13H24O11. The van der Waals surface area contributed by atoms with Crippen LogP contribution in [-0.4, -0.2) is 117 Å². The van der Waals surface area contributed by atoms with Crippen LogP contribution in [0.25, 0.3) is 0 Å². The topological polar surface area (TPSA) is 179 Å². The van der Waals surface area contributed by atoms with Gasteiger partial charge in [-0.25, -0.2) is 0 Å². The number of ether oxygens (including phenoxy) is 4. The summed E-state index contributed by atoms with van der Waals surface area (Å²) in [5, 5.41) is 68.0. The zero-order valence-corrected chi connectivity index (χ0v) is 13.0. The monoisotopic (exact) mass is 356 g/mol. The van der Waals surface area contributed by atoms with Gasteiger partial charge in [-0.05, 0) is 0 Å². The predicted octanol–water partition coefficient (Wildman–Crippen LogP) is -4.74. The molecule has 11 heteroatoms. The van der Waals surface area contributed by atoms with Crippen LogP contribution in [0.3, 0.4) is 0 Å². The van der Waals surface area contributed by atoms with E-state index in [4.69, 9.17) is 24.1 Å². The van der Waals surface area contributed by atoms with Gasteiger partial charge < -0.3 is 54.7 Å². The molecule has 11 nitrogen and oxygen atoms in total. The van der Waals surface area contributed by atoms with Crippen LogP contribution in [0.2, 0.25) is 0 Å². The molecule has 7 N–H and O–H groups in total. The van der Waals surface area contributed by atoms with E-state index in [2.05, 4.69) is 0 Å². The van der Waals surface area contributed by atoms with Crippen molar-refractivity contribution in [2.24, 2.45) is 0 Å². The molecule has 4 unspecified atom stereocenters. The van der Waals surface area contributed by atoms with Crippen molar-refractivity contribution in [1.29, 1.82) is 0 Å². The van der Waals surface area contributed by atoms with Crippen molar-refractivity contribution in [3.05, 3.63) is 0 Å². The number of aliphatic hydroxyl groups is 7. The fourth-order valence-corrected chi connectivity index (χ4v) is 2.75. The van der Waals surface area contributed by atoms with Gasteiger partial charge in [-0.2, -0.15) is 0 Å². The molecule has 0 aromatic heterocycles. The maximum absolute atomic E-state index is 10.2. The van der Waals surface area contributed by atoms with Crippen molar-refractivity contribution in [3.63, 3.8) is 0 Å². The SMILES string of the molecule is CO[C@@H]1OC(CO)[C@H](O[C@H]2OC(CO)[C@H](O)C(O)[C@@H]2O)C(O)[C@@H]1O. The Balaban J connectivity index is 2.12. The van der Waals surface area contributed by atoms with Crippen molar-refractivity contribution in [3.8, 4) is 0 Å². The third kappa shape index (κ3) is 3.71. The van der Waals surface area contributed by atoms with Gasteiger partial charge in [-0.15, -0.1) is 0 Å². The molecule has 0 radical (unpaired) electrons. The molecule has 0 amide bonds. The highest BCUT2D eigenvalue weighted by molar-refractivity contribution is 4.93. The van der Waals surface area contributed by atoms with Crippen LogP contribution in [0.15, 0.2) is 0 Å². The largest absolute Gasteiger partial charge is 0.394 e. The van der Waals surface area contributed by atoms with Gasteiger partial charge in [-0.3, -0.25) is 0 Å². The Kier molecular flexibility index (Phi) is 6.87. The van der Waals surface area contributed by atoms with E-state index in [-0.39, 0.29) is 0 Å². The number of hydrogen-bond acceptors (Lipinski definition) is 11. The molecule has 0 aliphatic carbocycles. The first kappa shape index (κ1) is 19.9. The standard InChI is InChI=1S/C13H24O11/c1-21-12-10(20)8(18)11(5(3-15)23-12)24-13-9(19)7(17)6(16)4(2-14)22-13/h4-20H,2-3H2,1H3/t4?,5?,6-,7?,8?,9-,10-,11-,12+,13+/m0/s1. The first-order chi connectivity index (χ1) is 11.3. The number of rotatable bonds is 5. The summed E-state index contributed by atoms with van der Waals surface area (Å²) in [6.07, 6.45) is -14.3. The van der Waals surface area contributed by atoms with E-state index in [1.807, 2.05) is 0 Å². The maximum atomic E-state index is 10.2. The summed E-state index contributed by atoms with van der Waals surface area (Å²) in [6.45, 7) is -1.24. The minimum Gasteiger partial charge on any atom is -0.394 e. The smallest absolute Gasteiger partial charge is 0.187 e. The summed E-state index contributed by atoms with van der Waals surface area (Å²) in [5.41, 5.74) is 0. The van der Waals surface area contributed by atoms with E-state index in [0.29, 0.717) is 0 Å². The van der Waals surface area contributed by atoms with Crippen molar-refractivity contribution < 1.29 is 54.7 Å². The molecule has 0 aromatic rings. The van der Waals surface area contributed by atoms with E-state index in [9.17, 15) is 30.6 Å². The van der Waals surface area contributed by atoms with Gasteiger partial charge in [0.2, 0.25) is 0 Å². The number of methoxy groups -OCH3 is 1. The predicted molar refractivity (Wildman–Crippen MR) is 73.4 cm³/mol. The van der Waals surface area contributed by atoms with E-state index in [1.165, 1.54) is 7.11 Å². The second-order valence-electron chi connectivity index (χ2n) is 5.74. The van der Waals surface area contributed by atoms with Gasteiger partial charge in [0.05, 0.1) is 13.2 Å². The Morgan fingerprint density at radius 3 is 1.79 bits per heavy atom. The first-order valence-electron chi connectivity index (χ1n) is 7.46. The van der Waals surface area contributed by atoms with Gasteiger partial charge >= 0.3 is 0 Å². The molecule has 2 fully saturated rings. The molecular weight excluding hydrogens is 332 g/mol. The molecule has 2 saturated heterocycles. The Bertz CT molecular complexity index is 392. The lowest BCUT2D eigenvalue weighted by molar-refractivity contribution is -0.357. The summed E-state index contributed by atoms with van der Waals surface area (Å²) in [7, 11) is 1.24. The maximum Gasteiger partial charge on any atom is 0.187 e. The highest BCUT2D eigenvalue weighted by atomic mass is 16.7. The van der Waals surface area contributed by atoms with Gasteiger partial charge in [-0.1, -0.05) is 0 Å². The van der Waals surface area contributed by atoms with Crippen LogP contribution < -0.4 is 0 Å². The molecule has 2 rings (SSSR count). The minimum atomic E-state index is -1.69. The van der Waals surface area contributed by atoms with E-state index in [1.54, 1.807) is 0 Å². The van der Waals surface area contributed by atoms with E-state index in [0.717, 1.165) is 0 Å². The van der Waals surface area contributed by atoms with Gasteiger partial charge in [0.25, 0.3) is 0 Å². The summed E-state index contributed by atoms with van der Waals surface area (Å²) in [5.74, 6) is 0. The first-order valence-corrected chi connectivity index (χ1v) is 7.46. The average Bonchev–Trinajstić information content (AvgIpc) is 2.59. The highest BCUT2D eigenvalue weighted by Gasteiger charge is 2.50. The van der Waals surface area contributed by atoms with E-state index >= 15 is 0 Å². The highest BCUT2D eigenvalue weighted by Crippen LogP contribution is 2.29. The zero-order valence-electron chi connectivity index (χ0n) is 13.0. The Morgan fingerprint density at radius 2 is 1.25 bits per heavy atom. The normalized spacial score (nSPS) is 50.0. The Hall–Kier alpha value is -0.440. The third-order valence-electron chi connectivity index (χ3n) is 4.19. The lowest BCUT2D eigenvalue weighted by Crippen LogP contribution is -2.64. The third-order valence-corrected chi connectivity index (χ3v) is 4.19. The molecule has 0 aromatic carbocycles. The van der Waals surface area contributed by atoms with Crippen LogP contribution >= 0.6 is 0 Å². The fraction of sp³-hybridized carbons (Fsp3) is 1.00. The number of aliphatic hydroxyl groups excluding tert-OH is 7. The molecule has 142 valence electrons. The van der Waals surface area contributed by atoms with Crippen LogP contribution in [0.1, 0.15) is 0 Å². The summed E-state index contributed by atoms with van der Waals surface area (Å²) in [4.78, 5) is 0. The molecule has 2 aliphatic heterocycles. The molecule has 2 aliphatic rings. The molecule has 0 bridgehead atoms. The minimum absolute atomic E-state index is 0.592. The van der Waals surface area contributed by atoms with Crippen molar-refractivity contribution in [1.82, 2.24) is 0 Å². The van der Waals surface area contributed by atoms with Crippen LogP contribution in [0, 0.1) is 0 Å². The summed E-state index contributed by atoms with van der Waals surface area (Å²) in [6, 6.07) is 0. The second kappa shape index (κ2) is 8.29. The van der Waals surface area contributed by atoms with Crippen LogP contribution in [0.5, 0.6) is 0 Å². The van der Waals surface area contributed by atoms with E-state index < -0.39 is 74.6 Å². The molecule has 10 atom stereocenters. The fourth-order valence-electron chi connectivity index (χ4n) is 2.75. The van der Waals surface area contributed by atoms with Crippen molar-refractivity contribution in [2.45, 2.75) is 61.4 Å². The van der Waals surface area contributed by atoms with Gasteiger partial charge in [0.1, 0.15) is 48.8 Å². The second-order valence-corrected chi connectivity index (χ2v) is 5.74. The zero-order chi connectivity index (χ0) is 18.0. The molecule has 24 heavy (non-hydrogen) atoms. The lowest BCUT2D eigenvalue weighted by atomic mass is 9.97. The van der Waals surface area contributed by atoms with Crippen molar-refractivity contribution >= 4 is 0 Å². The molecule has 0 spiro atoms. The summed E-state index contributed by atoms with van der Waals surface area (Å²) >= 11 is 0. The van der Waals surface area contributed by atoms with Gasteiger partial charge in [0, 0.05) is 7.11 Å². The van der Waals surface area contributed by atoms with Gasteiger partial charge in [0.15, 0.2) is 12.6 Å². The average molecular weight is 356 g/mol. The molecule has 2 heterocycles. The Morgan fingerprint density at radius 1 is 0.708 bits per heavy atom. The van der Waals surface area contributed by atoms with Crippen LogP contribution in [0.4, 0.5) is 0 Å².